The molecule has 2 rings (SSSR count). The van der Waals surface area contributed by atoms with Crippen LogP contribution in [0.4, 0.5) is 0 Å². The van der Waals surface area contributed by atoms with Crippen LogP contribution in [0, 0.1) is 0 Å². The van der Waals surface area contributed by atoms with Gasteiger partial charge in [-0.1, -0.05) is 23.7 Å². The zero-order valence-electron chi connectivity index (χ0n) is 13.8. The molecule has 0 N–H and O–H groups in total. The van der Waals surface area contributed by atoms with Crippen molar-refractivity contribution in [2.75, 3.05) is 27.3 Å². The van der Waals surface area contributed by atoms with Crippen LogP contribution in [-0.2, 0) is 14.8 Å². The average molecular weight is 384 g/mol. The lowest BCUT2D eigenvalue weighted by Crippen LogP contribution is -2.22. The standard InChI is InChI=1S/C17H18ClNO5S/c1-19(2)25(21,22)14-9-7-13(8-10-14)17(20)24-12-11-23-16-6-4-3-5-15(16)18/h3-10H,11-12H2,1-2H3. The van der Waals surface area contributed by atoms with Crippen molar-refractivity contribution < 1.29 is 22.7 Å². The van der Waals surface area contributed by atoms with Crippen LogP contribution >= 0.6 is 11.6 Å². The molecule has 134 valence electrons. The first-order valence-corrected chi connectivity index (χ1v) is 9.21. The van der Waals surface area contributed by atoms with Gasteiger partial charge in [0.2, 0.25) is 10.0 Å². The number of esters is 1. The third kappa shape index (κ3) is 4.94. The molecule has 6 nitrogen and oxygen atoms in total. The van der Waals surface area contributed by atoms with Crippen LogP contribution < -0.4 is 4.74 Å². The number of carbonyl (C=O) groups is 1. The summed E-state index contributed by atoms with van der Waals surface area (Å²) in [5.74, 6) is -0.0463. The molecule has 0 bridgehead atoms. The van der Waals surface area contributed by atoms with Crippen molar-refractivity contribution >= 4 is 27.6 Å². The highest BCUT2D eigenvalue weighted by Gasteiger charge is 2.17. The second-order valence-electron chi connectivity index (χ2n) is 5.23. The van der Waals surface area contributed by atoms with Gasteiger partial charge in [0, 0.05) is 14.1 Å². The van der Waals surface area contributed by atoms with E-state index in [9.17, 15) is 13.2 Å². The highest BCUT2D eigenvalue weighted by Crippen LogP contribution is 2.22. The van der Waals surface area contributed by atoms with Gasteiger partial charge in [0.1, 0.15) is 19.0 Å². The Labute approximate surface area is 152 Å². The summed E-state index contributed by atoms with van der Waals surface area (Å²) in [6.07, 6.45) is 0. The van der Waals surface area contributed by atoms with Crippen molar-refractivity contribution in [2.45, 2.75) is 4.90 Å². The van der Waals surface area contributed by atoms with E-state index in [0.29, 0.717) is 10.8 Å². The minimum Gasteiger partial charge on any atom is -0.488 e. The monoisotopic (exact) mass is 383 g/mol. The molecule has 0 spiro atoms. The molecule has 2 aromatic rings. The van der Waals surface area contributed by atoms with Crippen LogP contribution in [0.15, 0.2) is 53.4 Å². The van der Waals surface area contributed by atoms with E-state index >= 15 is 0 Å². The van der Waals surface area contributed by atoms with E-state index in [0.717, 1.165) is 4.31 Å². The maximum absolute atomic E-state index is 12.0. The fraction of sp³-hybridized carbons (Fsp3) is 0.235. The summed E-state index contributed by atoms with van der Waals surface area (Å²) >= 11 is 5.95. The molecule has 0 aliphatic rings. The SMILES string of the molecule is CN(C)S(=O)(=O)c1ccc(C(=O)OCCOc2ccccc2Cl)cc1. The Kier molecular flexibility index (Phi) is 6.41. The van der Waals surface area contributed by atoms with Gasteiger partial charge in [-0.25, -0.2) is 17.5 Å². The highest BCUT2D eigenvalue weighted by molar-refractivity contribution is 7.89. The molecule has 0 saturated carbocycles. The molecule has 0 heterocycles. The molecule has 8 heteroatoms. The van der Waals surface area contributed by atoms with Crippen molar-refractivity contribution in [1.82, 2.24) is 4.31 Å². The van der Waals surface area contributed by atoms with Crippen LogP contribution in [0.3, 0.4) is 0 Å². The lowest BCUT2D eigenvalue weighted by Gasteiger charge is -2.11. The van der Waals surface area contributed by atoms with Gasteiger partial charge < -0.3 is 9.47 Å². The van der Waals surface area contributed by atoms with E-state index < -0.39 is 16.0 Å². The lowest BCUT2D eigenvalue weighted by molar-refractivity contribution is 0.0450. The minimum atomic E-state index is -3.53. The number of halogens is 1. The van der Waals surface area contributed by atoms with Gasteiger partial charge in [-0.2, -0.15) is 0 Å². The number of carbonyl (C=O) groups excluding carboxylic acids is 1. The van der Waals surface area contributed by atoms with Gasteiger partial charge in [0.15, 0.2) is 0 Å². The third-order valence-corrected chi connectivity index (χ3v) is 5.42. The van der Waals surface area contributed by atoms with Gasteiger partial charge in [0.25, 0.3) is 0 Å². The minimum absolute atomic E-state index is 0.0435. The zero-order valence-corrected chi connectivity index (χ0v) is 15.4. The Hall–Kier alpha value is -2.09. The second kappa shape index (κ2) is 8.33. The largest absolute Gasteiger partial charge is 0.488 e. The second-order valence-corrected chi connectivity index (χ2v) is 7.79. The van der Waals surface area contributed by atoms with E-state index in [1.165, 1.54) is 38.4 Å². The van der Waals surface area contributed by atoms with E-state index in [4.69, 9.17) is 21.1 Å². The number of para-hydroxylation sites is 1. The molecule has 2 aromatic carbocycles. The molecule has 0 saturated heterocycles. The van der Waals surface area contributed by atoms with Gasteiger partial charge in [-0.3, -0.25) is 0 Å². The smallest absolute Gasteiger partial charge is 0.338 e. The molecule has 0 radical (unpaired) electrons. The maximum Gasteiger partial charge on any atom is 0.338 e. The number of benzene rings is 2. The van der Waals surface area contributed by atoms with E-state index in [1.54, 1.807) is 24.3 Å². The predicted molar refractivity (Wildman–Crippen MR) is 94.5 cm³/mol. The Morgan fingerprint density at radius 2 is 1.68 bits per heavy atom. The maximum atomic E-state index is 12.0. The number of sulfonamides is 1. The highest BCUT2D eigenvalue weighted by atomic mass is 35.5. The number of ether oxygens (including phenoxy) is 2. The van der Waals surface area contributed by atoms with Gasteiger partial charge in [-0.05, 0) is 36.4 Å². The third-order valence-electron chi connectivity index (χ3n) is 3.28. The van der Waals surface area contributed by atoms with Crippen molar-refractivity contribution in [3.63, 3.8) is 0 Å². The molecule has 0 aliphatic carbocycles. The first-order chi connectivity index (χ1) is 11.8. The van der Waals surface area contributed by atoms with Crippen LogP contribution in [0.5, 0.6) is 5.75 Å². The number of nitrogens with zero attached hydrogens (tertiary/aromatic N) is 1. The Balaban J connectivity index is 1.88. The molecule has 0 aromatic heterocycles. The first-order valence-electron chi connectivity index (χ1n) is 7.39. The molecular formula is C17H18ClNO5S. The number of rotatable bonds is 7. The van der Waals surface area contributed by atoms with Crippen molar-refractivity contribution in [1.29, 1.82) is 0 Å². The molecule has 25 heavy (non-hydrogen) atoms. The summed E-state index contributed by atoms with van der Waals surface area (Å²) in [6.45, 7) is 0.199. The quantitative estimate of drug-likeness (QED) is 0.543. The summed E-state index contributed by atoms with van der Waals surface area (Å²) in [6, 6.07) is 12.5. The lowest BCUT2D eigenvalue weighted by atomic mass is 10.2. The van der Waals surface area contributed by atoms with E-state index in [2.05, 4.69) is 0 Å². The predicted octanol–water partition coefficient (Wildman–Crippen LogP) is 2.83. The van der Waals surface area contributed by atoms with Crippen LogP contribution in [-0.4, -0.2) is 46.0 Å². The fourth-order valence-electron chi connectivity index (χ4n) is 1.90. The summed E-state index contributed by atoms with van der Waals surface area (Å²) < 4.78 is 35.6. The molecular weight excluding hydrogens is 366 g/mol. The van der Waals surface area contributed by atoms with E-state index in [-0.39, 0.29) is 23.7 Å². The van der Waals surface area contributed by atoms with Gasteiger partial charge >= 0.3 is 5.97 Å². The number of hydrogen-bond donors (Lipinski definition) is 0. The van der Waals surface area contributed by atoms with Crippen molar-refractivity contribution in [3.8, 4) is 5.75 Å². The zero-order chi connectivity index (χ0) is 18.4. The summed E-state index contributed by atoms with van der Waals surface area (Å²) in [5, 5.41) is 0.478. The molecule has 0 fully saturated rings. The first kappa shape index (κ1) is 19.2. The Bertz CT molecular complexity index is 834. The summed E-state index contributed by atoms with van der Waals surface area (Å²) in [7, 11) is -0.644. The average Bonchev–Trinajstić information content (AvgIpc) is 2.60. The molecule has 0 amide bonds. The molecule has 0 atom stereocenters. The van der Waals surface area contributed by atoms with Gasteiger partial charge in [0.05, 0.1) is 15.5 Å². The Morgan fingerprint density at radius 3 is 2.28 bits per heavy atom. The van der Waals surface area contributed by atoms with Gasteiger partial charge in [-0.15, -0.1) is 0 Å². The number of hydrogen-bond acceptors (Lipinski definition) is 5. The van der Waals surface area contributed by atoms with Crippen molar-refractivity contribution in [3.05, 3.63) is 59.1 Å². The van der Waals surface area contributed by atoms with Crippen LogP contribution in [0.25, 0.3) is 0 Å². The summed E-state index contributed by atoms with van der Waals surface area (Å²) in [5.41, 5.74) is 0.260. The van der Waals surface area contributed by atoms with Crippen LogP contribution in [0.1, 0.15) is 10.4 Å². The summed E-state index contributed by atoms with van der Waals surface area (Å²) in [4.78, 5) is 12.1. The topological polar surface area (TPSA) is 72.9 Å². The normalized spacial score (nSPS) is 11.4. The van der Waals surface area contributed by atoms with E-state index in [1.807, 2.05) is 0 Å². The Morgan fingerprint density at radius 1 is 1.04 bits per heavy atom. The van der Waals surface area contributed by atoms with Crippen LogP contribution in [0.2, 0.25) is 5.02 Å². The van der Waals surface area contributed by atoms with Crippen molar-refractivity contribution in [2.24, 2.45) is 0 Å². The fourth-order valence-corrected chi connectivity index (χ4v) is 3.00. The molecule has 0 aliphatic heterocycles. The molecule has 0 unspecified atom stereocenters.